The van der Waals surface area contributed by atoms with Crippen LogP contribution in [0.4, 0.5) is 0 Å². The number of hydrogen-bond acceptors (Lipinski definition) is 2. The molecule has 0 aliphatic heterocycles. The van der Waals surface area contributed by atoms with Gasteiger partial charge in [-0.3, -0.25) is 0 Å². The zero-order valence-electron chi connectivity index (χ0n) is 28.9. The summed E-state index contributed by atoms with van der Waals surface area (Å²) < 4.78 is 17.8. The highest BCUT2D eigenvalue weighted by Gasteiger charge is 2.19. The van der Waals surface area contributed by atoms with Crippen LogP contribution in [0.3, 0.4) is 0 Å². The Labute approximate surface area is 307 Å². The van der Waals surface area contributed by atoms with Crippen molar-refractivity contribution < 1.29 is 8.83 Å². The number of aromatic nitrogens is 2. The molecule has 0 unspecified atom stereocenters. The maximum absolute atomic E-state index is 6.51. The topological polar surface area (TPSA) is 36.1 Å². The average Bonchev–Trinajstić information content (AvgIpc) is 3.97. The normalized spacial score (nSPS) is 12.4. The van der Waals surface area contributed by atoms with Gasteiger partial charge in [0.2, 0.25) is 0 Å². The molecule has 0 spiro atoms. The molecule has 13 aromatic rings. The van der Waals surface area contributed by atoms with E-state index in [1.165, 1.54) is 43.4 Å². The Kier molecular flexibility index (Phi) is 5.34. The van der Waals surface area contributed by atoms with Crippen molar-refractivity contribution in [2.75, 3.05) is 0 Å². The molecular weight excluding hydrogens is 661 g/mol. The van der Waals surface area contributed by atoms with Gasteiger partial charge in [-0.1, -0.05) is 84.9 Å². The molecule has 0 saturated carbocycles. The van der Waals surface area contributed by atoms with E-state index in [0.29, 0.717) is 0 Å². The first-order valence-corrected chi connectivity index (χ1v) is 18.4. The Balaban J connectivity index is 1.04. The number of furan rings is 2. The van der Waals surface area contributed by atoms with Crippen molar-refractivity contribution >= 4 is 109 Å². The van der Waals surface area contributed by atoms with Crippen LogP contribution in [0.15, 0.2) is 179 Å². The van der Waals surface area contributed by atoms with Crippen molar-refractivity contribution in [3.8, 4) is 11.4 Å². The summed E-state index contributed by atoms with van der Waals surface area (Å²) in [5, 5.41) is 14.1. The highest BCUT2D eigenvalue weighted by atomic mass is 16.3. The van der Waals surface area contributed by atoms with E-state index in [-0.39, 0.29) is 0 Å². The van der Waals surface area contributed by atoms with E-state index in [9.17, 15) is 0 Å². The molecule has 0 radical (unpaired) electrons. The minimum Gasteiger partial charge on any atom is -0.455 e. The van der Waals surface area contributed by atoms with Gasteiger partial charge in [0.15, 0.2) is 0 Å². The number of nitrogens with zero attached hydrogens (tertiary/aromatic N) is 2. The number of benzene rings is 9. The lowest BCUT2D eigenvalue weighted by atomic mass is 10.0. The predicted molar refractivity (Wildman–Crippen MR) is 225 cm³/mol. The highest BCUT2D eigenvalue weighted by molar-refractivity contribution is 6.22. The molecule has 4 heterocycles. The molecule has 250 valence electrons. The van der Waals surface area contributed by atoms with Crippen molar-refractivity contribution in [1.82, 2.24) is 9.13 Å². The van der Waals surface area contributed by atoms with Gasteiger partial charge in [-0.25, -0.2) is 0 Å². The van der Waals surface area contributed by atoms with Gasteiger partial charge in [-0.15, -0.1) is 0 Å². The van der Waals surface area contributed by atoms with Crippen LogP contribution in [-0.2, 0) is 0 Å². The van der Waals surface area contributed by atoms with Crippen LogP contribution in [0.25, 0.3) is 120 Å². The van der Waals surface area contributed by atoms with Gasteiger partial charge < -0.3 is 18.0 Å². The van der Waals surface area contributed by atoms with E-state index in [2.05, 4.69) is 167 Å². The molecule has 0 fully saturated rings. The zero-order chi connectivity index (χ0) is 35.1. The Hall–Kier alpha value is -7.30. The van der Waals surface area contributed by atoms with Crippen LogP contribution in [0.1, 0.15) is 0 Å². The van der Waals surface area contributed by atoms with Gasteiger partial charge in [0.1, 0.15) is 22.3 Å². The predicted octanol–water partition coefficient (Wildman–Crippen LogP) is 14.0. The van der Waals surface area contributed by atoms with Gasteiger partial charge in [0.25, 0.3) is 0 Å². The number of rotatable bonds is 2. The van der Waals surface area contributed by atoms with Crippen LogP contribution < -0.4 is 0 Å². The number of hydrogen-bond donors (Lipinski definition) is 0. The molecule has 0 aliphatic carbocycles. The van der Waals surface area contributed by atoms with E-state index in [1.807, 2.05) is 12.1 Å². The standard InChI is InChI=1S/C50H28N2O2/c1-5-13-43-33(9-1)41-25-29-17-23-37-35-11-3-7-15-47(35)53-49(37)39(29)27-45(41)51(43)31-19-21-32(22-20-31)52-44-14-6-2-10-34(44)42-26-30-18-24-38-36-12-4-8-16-48(36)54-50(38)40(30)28-46(42)52/h1-28H. The first-order valence-electron chi connectivity index (χ1n) is 18.4. The number of fused-ring (bicyclic) bond motifs is 16. The molecule has 0 saturated heterocycles. The van der Waals surface area contributed by atoms with Crippen molar-refractivity contribution in [2.45, 2.75) is 0 Å². The largest absolute Gasteiger partial charge is 0.455 e. The smallest absolute Gasteiger partial charge is 0.143 e. The summed E-state index contributed by atoms with van der Waals surface area (Å²) >= 11 is 0. The van der Waals surface area contributed by atoms with Crippen molar-refractivity contribution in [3.63, 3.8) is 0 Å². The van der Waals surface area contributed by atoms with E-state index in [4.69, 9.17) is 8.83 Å². The summed E-state index contributed by atoms with van der Waals surface area (Å²) in [7, 11) is 0. The molecule has 0 bridgehead atoms. The molecule has 0 N–H and O–H groups in total. The van der Waals surface area contributed by atoms with Crippen molar-refractivity contribution in [3.05, 3.63) is 170 Å². The minimum absolute atomic E-state index is 0.913. The molecule has 4 nitrogen and oxygen atoms in total. The van der Waals surface area contributed by atoms with E-state index in [0.717, 1.165) is 77.1 Å². The van der Waals surface area contributed by atoms with Gasteiger partial charge in [-0.2, -0.15) is 0 Å². The Bertz CT molecular complexity index is 3480. The summed E-state index contributed by atoms with van der Waals surface area (Å²) in [6, 6.07) is 61.2. The SMILES string of the molecule is c1ccc2c(c1)oc1c3cc4c(cc3ccc21)c1ccccc1n4-c1ccc(-n2c3ccccc3c3cc4ccc5c6ccccc6oc5c4cc32)cc1. The lowest BCUT2D eigenvalue weighted by molar-refractivity contribution is 0.672. The lowest BCUT2D eigenvalue weighted by Gasteiger charge is -2.12. The fourth-order valence-electron chi connectivity index (χ4n) is 9.25. The Morgan fingerprint density at radius 3 is 1.15 bits per heavy atom. The highest BCUT2D eigenvalue weighted by Crippen LogP contribution is 2.42. The molecule has 0 atom stereocenters. The third-order valence-corrected chi connectivity index (χ3v) is 11.7. The fourth-order valence-corrected chi connectivity index (χ4v) is 9.25. The molecule has 4 heteroatoms. The first-order chi connectivity index (χ1) is 26.8. The third-order valence-electron chi connectivity index (χ3n) is 11.7. The van der Waals surface area contributed by atoms with Crippen molar-refractivity contribution in [2.24, 2.45) is 0 Å². The van der Waals surface area contributed by atoms with Gasteiger partial charge >= 0.3 is 0 Å². The quantitative estimate of drug-likeness (QED) is 0.181. The second-order valence-electron chi connectivity index (χ2n) is 14.5. The minimum atomic E-state index is 0.913. The molecule has 9 aromatic carbocycles. The van der Waals surface area contributed by atoms with Crippen LogP contribution in [0.2, 0.25) is 0 Å². The molecule has 54 heavy (non-hydrogen) atoms. The maximum Gasteiger partial charge on any atom is 0.143 e. The van der Waals surface area contributed by atoms with Gasteiger partial charge in [0.05, 0.1) is 22.1 Å². The third kappa shape index (κ3) is 3.66. The average molecular weight is 689 g/mol. The van der Waals surface area contributed by atoms with Crippen LogP contribution >= 0.6 is 0 Å². The summed E-state index contributed by atoms with van der Waals surface area (Å²) in [6.07, 6.45) is 0. The van der Waals surface area contributed by atoms with Crippen LogP contribution in [0.5, 0.6) is 0 Å². The summed E-state index contributed by atoms with van der Waals surface area (Å²) in [5.41, 5.74) is 10.6. The second-order valence-corrected chi connectivity index (χ2v) is 14.5. The van der Waals surface area contributed by atoms with E-state index < -0.39 is 0 Å². The maximum atomic E-state index is 6.51. The molecule has 13 rings (SSSR count). The molecular formula is C50H28N2O2. The second kappa shape index (κ2) is 10.2. The first kappa shape index (κ1) is 28.3. The van der Waals surface area contributed by atoms with Crippen LogP contribution in [0, 0.1) is 0 Å². The monoisotopic (exact) mass is 688 g/mol. The fraction of sp³-hybridized carbons (Fsp3) is 0. The summed E-state index contributed by atoms with van der Waals surface area (Å²) in [5.74, 6) is 0. The summed E-state index contributed by atoms with van der Waals surface area (Å²) in [4.78, 5) is 0. The number of para-hydroxylation sites is 4. The molecule has 4 aromatic heterocycles. The van der Waals surface area contributed by atoms with Crippen molar-refractivity contribution in [1.29, 1.82) is 0 Å². The van der Waals surface area contributed by atoms with Gasteiger partial charge in [0, 0.05) is 65.2 Å². The van der Waals surface area contributed by atoms with Gasteiger partial charge in [-0.05, 0) is 95.7 Å². The van der Waals surface area contributed by atoms with Crippen LogP contribution in [-0.4, -0.2) is 9.13 Å². The Morgan fingerprint density at radius 1 is 0.278 bits per heavy atom. The van der Waals surface area contributed by atoms with E-state index in [1.54, 1.807) is 0 Å². The zero-order valence-corrected chi connectivity index (χ0v) is 28.9. The van der Waals surface area contributed by atoms with E-state index >= 15 is 0 Å². The molecule has 0 aliphatic rings. The lowest BCUT2D eigenvalue weighted by Crippen LogP contribution is -1.97. The Morgan fingerprint density at radius 2 is 0.685 bits per heavy atom. The molecule has 0 amide bonds. The summed E-state index contributed by atoms with van der Waals surface area (Å²) in [6.45, 7) is 0.